The molecule has 2 spiro atoms. The summed E-state index contributed by atoms with van der Waals surface area (Å²) in [4.78, 5) is 0. The van der Waals surface area contributed by atoms with Gasteiger partial charge in [-0.25, -0.2) is 0 Å². The summed E-state index contributed by atoms with van der Waals surface area (Å²) in [5.41, 5.74) is 0.101. The molecule has 5 aliphatic carbocycles. The standard InChI is InChI=1S/C30H50O7/c1-4-5-17(2)20-9-11-30(35)22-7-6-18-14-19(36-26-25(34)24(33)23(32)21(15-31)37-26)8-10-28(18)16-29(22,28)13-12-27(20,30)3/h17-26,31-35H,4-16H2,1-3H3/t17-,18-,19+,20-,21-,22-,23-,24+,25-,26-,27-,28-,29+,30+/m1/s1. The van der Waals surface area contributed by atoms with Gasteiger partial charge in [0, 0.05) is 0 Å². The van der Waals surface area contributed by atoms with E-state index in [9.17, 15) is 25.5 Å². The van der Waals surface area contributed by atoms with Gasteiger partial charge in [-0.05, 0) is 104 Å². The van der Waals surface area contributed by atoms with E-state index in [1.807, 2.05) is 0 Å². The number of fused-ring (bicyclic) bond motifs is 2. The van der Waals surface area contributed by atoms with Gasteiger partial charge in [0.2, 0.25) is 0 Å². The van der Waals surface area contributed by atoms with Crippen LogP contribution in [0.3, 0.4) is 0 Å². The highest BCUT2D eigenvalue weighted by atomic mass is 16.7. The zero-order chi connectivity index (χ0) is 26.4. The predicted octanol–water partition coefficient (Wildman–Crippen LogP) is 3.14. The summed E-state index contributed by atoms with van der Waals surface area (Å²) in [7, 11) is 0. The molecular formula is C30H50O7. The lowest BCUT2D eigenvalue weighted by molar-refractivity contribution is -0.315. The zero-order valence-electron chi connectivity index (χ0n) is 23.0. The SMILES string of the molecule is CCC[C@@H](C)[C@H]1CC[C@]2(O)[C@@H]3CC[C@@H]4C[C@@H](O[C@@H]5O[C@H](CO)[C@@H](O)[C@H](O)[C@H]5O)CC[C@@]45C[C@@]35CC[C@]12C. The van der Waals surface area contributed by atoms with Crippen LogP contribution in [0.1, 0.15) is 97.8 Å². The third-order valence-corrected chi connectivity index (χ3v) is 13.1. The van der Waals surface area contributed by atoms with E-state index >= 15 is 0 Å². The Kier molecular flexibility index (Phi) is 6.63. The van der Waals surface area contributed by atoms with E-state index in [-0.39, 0.29) is 16.9 Å². The maximum Gasteiger partial charge on any atom is 0.186 e. The Morgan fingerprint density at radius 1 is 0.946 bits per heavy atom. The normalized spacial score (nSPS) is 57.6. The highest BCUT2D eigenvalue weighted by Crippen LogP contribution is 2.86. The fourth-order valence-electron chi connectivity index (χ4n) is 11.2. The number of hydrogen-bond acceptors (Lipinski definition) is 7. The van der Waals surface area contributed by atoms with Crippen molar-refractivity contribution in [1.82, 2.24) is 0 Å². The first kappa shape index (κ1) is 26.9. The van der Waals surface area contributed by atoms with Crippen LogP contribution in [0.15, 0.2) is 0 Å². The summed E-state index contributed by atoms with van der Waals surface area (Å²) in [5.74, 6) is 2.27. The van der Waals surface area contributed by atoms with Crippen LogP contribution in [0.4, 0.5) is 0 Å². The average molecular weight is 523 g/mol. The number of hydrogen-bond donors (Lipinski definition) is 5. The third kappa shape index (κ3) is 3.57. The van der Waals surface area contributed by atoms with Crippen molar-refractivity contribution in [3.05, 3.63) is 0 Å². The van der Waals surface area contributed by atoms with Crippen molar-refractivity contribution < 1.29 is 35.0 Å². The van der Waals surface area contributed by atoms with Gasteiger partial charge in [-0.2, -0.15) is 0 Å². The van der Waals surface area contributed by atoms with Gasteiger partial charge in [0.15, 0.2) is 6.29 Å². The lowest BCUT2D eigenvalue weighted by Gasteiger charge is -2.60. The molecule has 0 unspecified atom stereocenters. The van der Waals surface area contributed by atoms with Crippen LogP contribution in [0, 0.1) is 39.9 Å². The lowest BCUT2D eigenvalue weighted by atomic mass is 9.47. The summed E-state index contributed by atoms with van der Waals surface area (Å²) in [6.07, 6.45) is 7.20. The second kappa shape index (κ2) is 9.12. The van der Waals surface area contributed by atoms with Crippen LogP contribution < -0.4 is 0 Å². The first-order valence-electron chi connectivity index (χ1n) is 15.3. The minimum Gasteiger partial charge on any atom is -0.394 e. The maximum atomic E-state index is 12.5. The van der Waals surface area contributed by atoms with Gasteiger partial charge in [0.05, 0.1) is 18.3 Å². The molecule has 14 atom stereocenters. The molecule has 0 bridgehead atoms. The molecule has 1 aliphatic heterocycles. The van der Waals surface area contributed by atoms with Crippen molar-refractivity contribution in [1.29, 1.82) is 0 Å². The van der Waals surface area contributed by atoms with Gasteiger partial charge in [-0.15, -0.1) is 0 Å². The Morgan fingerprint density at radius 3 is 2.46 bits per heavy atom. The van der Waals surface area contributed by atoms with Gasteiger partial charge in [-0.1, -0.05) is 33.6 Å². The second-order valence-corrected chi connectivity index (χ2v) is 14.3. The minimum absolute atomic E-state index is 0.0392. The van der Waals surface area contributed by atoms with Gasteiger partial charge >= 0.3 is 0 Å². The van der Waals surface area contributed by atoms with Crippen LogP contribution in [0.2, 0.25) is 0 Å². The minimum atomic E-state index is -1.40. The first-order valence-corrected chi connectivity index (χ1v) is 15.3. The largest absolute Gasteiger partial charge is 0.394 e. The number of aliphatic hydroxyl groups excluding tert-OH is 4. The first-order chi connectivity index (χ1) is 17.6. The molecule has 7 heteroatoms. The molecule has 0 aromatic heterocycles. The second-order valence-electron chi connectivity index (χ2n) is 14.3. The summed E-state index contributed by atoms with van der Waals surface area (Å²) in [6.45, 7) is 6.69. The maximum absolute atomic E-state index is 12.5. The molecule has 1 saturated heterocycles. The Labute approximate surface area is 221 Å². The smallest absolute Gasteiger partial charge is 0.186 e. The molecule has 5 saturated carbocycles. The third-order valence-electron chi connectivity index (χ3n) is 13.1. The Bertz CT molecular complexity index is 867. The zero-order valence-corrected chi connectivity index (χ0v) is 23.0. The van der Waals surface area contributed by atoms with Crippen molar-refractivity contribution in [2.75, 3.05) is 6.61 Å². The van der Waals surface area contributed by atoms with E-state index in [4.69, 9.17) is 9.47 Å². The van der Waals surface area contributed by atoms with E-state index in [1.165, 1.54) is 32.1 Å². The highest BCUT2D eigenvalue weighted by molar-refractivity contribution is 5.30. The van der Waals surface area contributed by atoms with E-state index < -0.39 is 42.9 Å². The van der Waals surface area contributed by atoms with Crippen LogP contribution in [-0.4, -0.2) is 74.6 Å². The van der Waals surface area contributed by atoms with Crippen molar-refractivity contribution in [2.24, 2.45) is 39.9 Å². The van der Waals surface area contributed by atoms with Crippen LogP contribution in [0.25, 0.3) is 0 Å². The summed E-state index contributed by atoms with van der Waals surface area (Å²) in [5, 5.41) is 52.7. The summed E-state index contributed by atoms with van der Waals surface area (Å²) < 4.78 is 11.8. The van der Waals surface area contributed by atoms with Gasteiger partial charge in [-0.3, -0.25) is 0 Å². The van der Waals surface area contributed by atoms with Crippen LogP contribution in [0.5, 0.6) is 0 Å². The van der Waals surface area contributed by atoms with E-state index in [2.05, 4.69) is 20.8 Å². The molecule has 6 rings (SSSR count). The predicted molar refractivity (Wildman–Crippen MR) is 137 cm³/mol. The summed E-state index contributed by atoms with van der Waals surface area (Å²) in [6, 6.07) is 0. The molecule has 0 radical (unpaired) electrons. The van der Waals surface area contributed by atoms with Crippen molar-refractivity contribution in [3.63, 3.8) is 0 Å². The quantitative estimate of drug-likeness (QED) is 0.340. The molecule has 212 valence electrons. The van der Waals surface area contributed by atoms with Gasteiger partial charge in [0.25, 0.3) is 0 Å². The summed E-state index contributed by atoms with van der Waals surface area (Å²) >= 11 is 0. The Hall–Kier alpha value is -0.280. The average Bonchev–Trinajstić information content (AvgIpc) is 3.46. The molecular weight excluding hydrogens is 472 g/mol. The topological polar surface area (TPSA) is 120 Å². The van der Waals surface area contributed by atoms with Gasteiger partial charge in [0.1, 0.15) is 24.4 Å². The molecule has 37 heavy (non-hydrogen) atoms. The Morgan fingerprint density at radius 2 is 1.73 bits per heavy atom. The van der Waals surface area contributed by atoms with Gasteiger partial charge < -0.3 is 35.0 Å². The highest BCUT2D eigenvalue weighted by Gasteiger charge is 2.81. The molecule has 7 nitrogen and oxygen atoms in total. The van der Waals surface area contributed by atoms with Crippen LogP contribution >= 0.6 is 0 Å². The molecule has 6 fully saturated rings. The van der Waals surface area contributed by atoms with E-state index in [0.717, 1.165) is 44.9 Å². The van der Waals surface area contributed by atoms with E-state index in [0.29, 0.717) is 29.1 Å². The molecule has 0 aromatic rings. The fourth-order valence-corrected chi connectivity index (χ4v) is 11.2. The Balaban J connectivity index is 1.15. The van der Waals surface area contributed by atoms with Crippen LogP contribution in [-0.2, 0) is 9.47 Å². The van der Waals surface area contributed by atoms with Crippen molar-refractivity contribution in [2.45, 2.75) is 140 Å². The lowest BCUT2D eigenvalue weighted by Crippen LogP contribution is -2.61. The molecule has 6 aliphatic rings. The molecule has 5 N–H and O–H groups in total. The van der Waals surface area contributed by atoms with Crippen molar-refractivity contribution in [3.8, 4) is 0 Å². The van der Waals surface area contributed by atoms with E-state index in [1.54, 1.807) is 0 Å². The number of aliphatic hydroxyl groups is 5. The number of rotatable bonds is 6. The number of ether oxygens (including phenoxy) is 2. The molecule has 0 aromatic carbocycles. The molecule has 1 heterocycles. The monoisotopic (exact) mass is 522 g/mol. The fraction of sp³-hybridized carbons (Fsp3) is 1.00. The van der Waals surface area contributed by atoms with Crippen molar-refractivity contribution >= 4 is 0 Å². The molecule has 0 amide bonds.